The summed E-state index contributed by atoms with van der Waals surface area (Å²) >= 11 is 0. The van der Waals surface area contributed by atoms with Crippen molar-refractivity contribution in [2.24, 2.45) is 5.92 Å². The standard InChI is InChI=1S/C17H23FN2O2/c1-3-4-10-19-17(22)14-8-9-15(21)20(2)16(14)12-6-5-7-13(18)11-12/h5-7,11,14,16H,3-4,8-10H2,1-2H3,(H,19,22)/t14-,16-/m1/s1. The average molecular weight is 306 g/mol. The van der Waals surface area contributed by atoms with Crippen LogP contribution in [0, 0.1) is 11.7 Å². The monoisotopic (exact) mass is 306 g/mol. The Morgan fingerprint density at radius 3 is 2.91 bits per heavy atom. The van der Waals surface area contributed by atoms with Crippen molar-refractivity contribution in [3.8, 4) is 0 Å². The molecule has 0 unspecified atom stereocenters. The first-order valence-corrected chi connectivity index (χ1v) is 7.83. The minimum Gasteiger partial charge on any atom is -0.356 e. The third-order valence-corrected chi connectivity index (χ3v) is 4.22. The van der Waals surface area contributed by atoms with E-state index in [2.05, 4.69) is 12.2 Å². The van der Waals surface area contributed by atoms with Crippen molar-refractivity contribution in [3.63, 3.8) is 0 Å². The minimum absolute atomic E-state index is 0.00753. The van der Waals surface area contributed by atoms with Gasteiger partial charge in [0, 0.05) is 20.0 Å². The summed E-state index contributed by atoms with van der Waals surface area (Å²) in [6.07, 6.45) is 2.80. The molecule has 22 heavy (non-hydrogen) atoms. The van der Waals surface area contributed by atoms with Crippen LogP contribution in [0.15, 0.2) is 24.3 Å². The van der Waals surface area contributed by atoms with Crippen LogP contribution < -0.4 is 5.32 Å². The molecule has 0 aromatic heterocycles. The molecule has 1 aromatic rings. The summed E-state index contributed by atoms with van der Waals surface area (Å²) in [5.41, 5.74) is 0.672. The number of unbranched alkanes of at least 4 members (excludes halogenated alkanes) is 1. The van der Waals surface area contributed by atoms with Crippen LogP contribution in [0.5, 0.6) is 0 Å². The zero-order valence-corrected chi connectivity index (χ0v) is 13.1. The molecule has 2 atom stereocenters. The van der Waals surface area contributed by atoms with Crippen LogP contribution in [0.1, 0.15) is 44.2 Å². The summed E-state index contributed by atoms with van der Waals surface area (Å²) < 4.78 is 13.5. The lowest BCUT2D eigenvalue weighted by atomic mass is 9.84. The highest BCUT2D eigenvalue weighted by Gasteiger charge is 2.38. The van der Waals surface area contributed by atoms with Gasteiger partial charge in [0.2, 0.25) is 11.8 Å². The van der Waals surface area contributed by atoms with E-state index in [1.807, 2.05) is 0 Å². The molecule has 0 spiro atoms. The molecule has 0 bridgehead atoms. The number of piperidine rings is 1. The molecule has 120 valence electrons. The Morgan fingerprint density at radius 2 is 2.23 bits per heavy atom. The highest BCUT2D eigenvalue weighted by Crippen LogP contribution is 2.36. The smallest absolute Gasteiger partial charge is 0.225 e. The van der Waals surface area contributed by atoms with Crippen molar-refractivity contribution in [1.82, 2.24) is 10.2 Å². The van der Waals surface area contributed by atoms with Gasteiger partial charge in [0.1, 0.15) is 5.82 Å². The van der Waals surface area contributed by atoms with Gasteiger partial charge in [-0.2, -0.15) is 0 Å². The van der Waals surface area contributed by atoms with Gasteiger partial charge >= 0.3 is 0 Å². The summed E-state index contributed by atoms with van der Waals surface area (Å²) in [6.45, 7) is 2.70. The lowest BCUT2D eigenvalue weighted by molar-refractivity contribution is -0.141. The molecule has 1 aliphatic heterocycles. The van der Waals surface area contributed by atoms with E-state index in [1.54, 1.807) is 24.1 Å². The number of amides is 2. The quantitative estimate of drug-likeness (QED) is 0.850. The fourth-order valence-electron chi connectivity index (χ4n) is 2.98. The molecular weight excluding hydrogens is 283 g/mol. The first-order chi connectivity index (χ1) is 10.5. The van der Waals surface area contributed by atoms with Crippen LogP contribution in [0.25, 0.3) is 0 Å². The molecule has 1 N–H and O–H groups in total. The lowest BCUT2D eigenvalue weighted by Gasteiger charge is -2.38. The third-order valence-electron chi connectivity index (χ3n) is 4.22. The number of hydrogen-bond donors (Lipinski definition) is 1. The Labute approximate surface area is 130 Å². The minimum atomic E-state index is -0.404. The first kappa shape index (κ1) is 16.5. The van der Waals surface area contributed by atoms with E-state index >= 15 is 0 Å². The van der Waals surface area contributed by atoms with Crippen LogP contribution in [0.3, 0.4) is 0 Å². The molecule has 2 amide bonds. The molecule has 1 heterocycles. The highest BCUT2D eigenvalue weighted by atomic mass is 19.1. The normalized spacial score (nSPS) is 21.8. The molecule has 0 saturated carbocycles. The van der Waals surface area contributed by atoms with Gasteiger partial charge in [-0.25, -0.2) is 4.39 Å². The van der Waals surface area contributed by atoms with Crippen molar-refractivity contribution in [3.05, 3.63) is 35.6 Å². The van der Waals surface area contributed by atoms with E-state index in [9.17, 15) is 14.0 Å². The summed E-state index contributed by atoms with van der Waals surface area (Å²) in [5.74, 6) is -0.746. The van der Waals surface area contributed by atoms with Crippen LogP contribution in [0.2, 0.25) is 0 Å². The number of nitrogens with one attached hydrogen (secondary N) is 1. The average Bonchev–Trinajstić information content (AvgIpc) is 2.50. The van der Waals surface area contributed by atoms with Gasteiger partial charge in [-0.1, -0.05) is 25.5 Å². The highest BCUT2D eigenvalue weighted by molar-refractivity contribution is 5.84. The molecule has 0 aliphatic carbocycles. The number of rotatable bonds is 5. The first-order valence-electron chi connectivity index (χ1n) is 7.83. The van der Waals surface area contributed by atoms with Crippen molar-refractivity contribution < 1.29 is 14.0 Å². The van der Waals surface area contributed by atoms with Crippen molar-refractivity contribution in [2.75, 3.05) is 13.6 Å². The fraction of sp³-hybridized carbons (Fsp3) is 0.529. The van der Waals surface area contributed by atoms with E-state index in [0.29, 0.717) is 24.9 Å². The summed E-state index contributed by atoms with van der Waals surface area (Å²) in [4.78, 5) is 26.0. The Balaban J connectivity index is 2.22. The molecule has 1 aromatic carbocycles. The van der Waals surface area contributed by atoms with E-state index in [1.165, 1.54) is 12.1 Å². The summed E-state index contributed by atoms with van der Waals surface area (Å²) in [7, 11) is 1.68. The van der Waals surface area contributed by atoms with Crippen molar-refractivity contribution in [2.45, 2.75) is 38.6 Å². The van der Waals surface area contributed by atoms with Crippen LogP contribution >= 0.6 is 0 Å². The molecule has 5 heteroatoms. The predicted molar refractivity (Wildman–Crippen MR) is 82.6 cm³/mol. The number of carbonyl (C=O) groups is 2. The van der Waals surface area contributed by atoms with Crippen molar-refractivity contribution in [1.29, 1.82) is 0 Å². The van der Waals surface area contributed by atoms with Gasteiger partial charge in [0.05, 0.1) is 12.0 Å². The third kappa shape index (κ3) is 3.64. The topological polar surface area (TPSA) is 49.4 Å². The van der Waals surface area contributed by atoms with Gasteiger partial charge < -0.3 is 10.2 Å². The van der Waals surface area contributed by atoms with E-state index < -0.39 is 6.04 Å². The van der Waals surface area contributed by atoms with E-state index in [4.69, 9.17) is 0 Å². The maximum absolute atomic E-state index is 13.5. The second-order valence-corrected chi connectivity index (χ2v) is 5.79. The van der Waals surface area contributed by atoms with Crippen LogP contribution in [-0.2, 0) is 9.59 Å². The van der Waals surface area contributed by atoms with Gasteiger partial charge in [-0.05, 0) is 30.5 Å². The van der Waals surface area contributed by atoms with Gasteiger partial charge in [-0.15, -0.1) is 0 Å². The molecule has 1 fully saturated rings. The number of benzene rings is 1. The van der Waals surface area contributed by atoms with E-state index in [0.717, 1.165) is 12.8 Å². The second-order valence-electron chi connectivity index (χ2n) is 5.79. The molecule has 4 nitrogen and oxygen atoms in total. The Bertz CT molecular complexity index is 547. The molecule has 2 rings (SSSR count). The maximum atomic E-state index is 13.5. The van der Waals surface area contributed by atoms with E-state index in [-0.39, 0.29) is 23.5 Å². The predicted octanol–water partition coefficient (Wildman–Crippen LogP) is 2.65. The maximum Gasteiger partial charge on any atom is 0.225 e. The number of carbonyl (C=O) groups excluding carboxylic acids is 2. The Hall–Kier alpha value is -1.91. The SMILES string of the molecule is CCCCNC(=O)[C@@H]1CCC(=O)N(C)[C@@H]1c1cccc(F)c1. The zero-order chi connectivity index (χ0) is 16.1. The Kier molecular flexibility index (Phi) is 5.52. The summed E-state index contributed by atoms with van der Waals surface area (Å²) in [5, 5.41) is 2.93. The zero-order valence-electron chi connectivity index (χ0n) is 13.1. The van der Waals surface area contributed by atoms with Crippen LogP contribution in [0.4, 0.5) is 4.39 Å². The fourth-order valence-corrected chi connectivity index (χ4v) is 2.98. The van der Waals surface area contributed by atoms with Gasteiger partial charge in [0.25, 0.3) is 0 Å². The van der Waals surface area contributed by atoms with Gasteiger partial charge in [0.15, 0.2) is 0 Å². The van der Waals surface area contributed by atoms with Gasteiger partial charge in [-0.3, -0.25) is 9.59 Å². The molecule has 1 aliphatic rings. The second kappa shape index (κ2) is 7.38. The number of likely N-dealkylation sites (tertiary alicyclic amines) is 1. The number of nitrogens with zero attached hydrogens (tertiary/aromatic N) is 1. The lowest BCUT2D eigenvalue weighted by Crippen LogP contribution is -2.46. The Morgan fingerprint density at radius 1 is 1.45 bits per heavy atom. The number of halogens is 1. The summed E-state index contributed by atoms with van der Waals surface area (Å²) in [6, 6.07) is 5.76. The molecule has 1 saturated heterocycles. The molecule has 0 radical (unpaired) electrons. The van der Waals surface area contributed by atoms with Crippen LogP contribution in [-0.4, -0.2) is 30.3 Å². The van der Waals surface area contributed by atoms with Crippen molar-refractivity contribution >= 4 is 11.8 Å². The number of hydrogen-bond acceptors (Lipinski definition) is 2. The largest absolute Gasteiger partial charge is 0.356 e. The molecular formula is C17H23FN2O2.